The van der Waals surface area contributed by atoms with Gasteiger partial charge in [-0.2, -0.15) is 0 Å². The molecule has 19 heavy (non-hydrogen) atoms. The number of rotatable bonds is 4. The van der Waals surface area contributed by atoms with Crippen LogP contribution in [0.15, 0.2) is 40.8 Å². The van der Waals surface area contributed by atoms with Gasteiger partial charge in [0.15, 0.2) is 0 Å². The van der Waals surface area contributed by atoms with Crippen LogP contribution in [0.25, 0.3) is 0 Å². The Morgan fingerprint density at radius 3 is 2.74 bits per heavy atom. The third-order valence-corrected chi connectivity index (χ3v) is 3.09. The van der Waals surface area contributed by atoms with E-state index in [0.29, 0.717) is 5.76 Å². The smallest absolute Gasteiger partial charge is 0.373 e. The molecule has 0 bridgehead atoms. The topological polar surface area (TPSA) is 65.5 Å². The number of esters is 1. The van der Waals surface area contributed by atoms with Crippen molar-refractivity contribution in [3.8, 4) is 0 Å². The number of ether oxygens (including phenoxy) is 1. The van der Waals surface area contributed by atoms with Gasteiger partial charge in [-0.05, 0) is 29.7 Å². The predicted molar refractivity (Wildman–Crippen MR) is 71.9 cm³/mol. The molecule has 1 unspecified atom stereocenters. The second kappa shape index (κ2) is 5.71. The lowest BCUT2D eigenvalue weighted by atomic mass is 9.98. The lowest BCUT2D eigenvalue weighted by Gasteiger charge is -2.13. The first-order chi connectivity index (χ1) is 9.17. The summed E-state index contributed by atoms with van der Waals surface area (Å²) in [6, 6.07) is 10.9. The highest BCUT2D eigenvalue weighted by Gasteiger charge is 2.18. The Morgan fingerprint density at radius 2 is 2.05 bits per heavy atom. The van der Waals surface area contributed by atoms with Crippen LogP contribution in [0.5, 0.6) is 0 Å². The van der Waals surface area contributed by atoms with E-state index in [9.17, 15) is 4.79 Å². The van der Waals surface area contributed by atoms with Gasteiger partial charge in [-0.1, -0.05) is 31.2 Å². The van der Waals surface area contributed by atoms with Gasteiger partial charge in [0.05, 0.1) is 13.2 Å². The van der Waals surface area contributed by atoms with E-state index < -0.39 is 5.97 Å². The van der Waals surface area contributed by atoms with Crippen molar-refractivity contribution in [1.29, 1.82) is 0 Å². The third kappa shape index (κ3) is 2.69. The Labute approximate surface area is 112 Å². The number of nitrogens with two attached hydrogens (primary N) is 1. The van der Waals surface area contributed by atoms with Crippen molar-refractivity contribution in [3.63, 3.8) is 0 Å². The summed E-state index contributed by atoms with van der Waals surface area (Å²) in [5.41, 5.74) is 8.38. The lowest BCUT2D eigenvalue weighted by molar-refractivity contribution is 0.0562. The van der Waals surface area contributed by atoms with Gasteiger partial charge >= 0.3 is 5.97 Å². The summed E-state index contributed by atoms with van der Waals surface area (Å²) >= 11 is 0. The zero-order chi connectivity index (χ0) is 13.8. The summed E-state index contributed by atoms with van der Waals surface area (Å²) in [5, 5.41) is 0. The molecule has 0 saturated carbocycles. The van der Waals surface area contributed by atoms with Crippen LogP contribution in [0.3, 0.4) is 0 Å². The Kier molecular flexibility index (Phi) is 4.02. The molecule has 1 aromatic heterocycles. The molecule has 0 aliphatic heterocycles. The summed E-state index contributed by atoms with van der Waals surface area (Å²) in [6.45, 7) is 2.08. The molecule has 0 aliphatic rings. The molecule has 0 spiro atoms. The van der Waals surface area contributed by atoms with E-state index >= 15 is 0 Å². The minimum Gasteiger partial charge on any atom is -0.463 e. The number of benzene rings is 1. The Balaban J connectivity index is 2.31. The van der Waals surface area contributed by atoms with E-state index in [0.717, 1.165) is 12.0 Å². The molecule has 0 radical (unpaired) electrons. The highest BCUT2D eigenvalue weighted by molar-refractivity contribution is 5.86. The van der Waals surface area contributed by atoms with Gasteiger partial charge in [-0.25, -0.2) is 4.79 Å². The minimum atomic E-state index is -0.498. The maximum absolute atomic E-state index is 11.4. The first kappa shape index (κ1) is 13.4. The van der Waals surface area contributed by atoms with Crippen LogP contribution in [-0.4, -0.2) is 13.1 Å². The minimum absolute atomic E-state index is 0.168. The van der Waals surface area contributed by atoms with Crippen LogP contribution in [0.2, 0.25) is 0 Å². The number of carbonyl (C=O) groups is 1. The number of methoxy groups -OCH3 is 1. The molecule has 1 heterocycles. The van der Waals surface area contributed by atoms with Gasteiger partial charge < -0.3 is 14.9 Å². The SMILES string of the molecule is CCc1ccccc1C(N)c1ccc(C(=O)OC)o1. The van der Waals surface area contributed by atoms with E-state index in [1.165, 1.54) is 12.7 Å². The highest BCUT2D eigenvalue weighted by Crippen LogP contribution is 2.25. The number of hydrogen-bond donors (Lipinski definition) is 1. The summed E-state index contributed by atoms with van der Waals surface area (Å²) in [4.78, 5) is 11.4. The van der Waals surface area contributed by atoms with Crippen LogP contribution in [0.1, 0.15) is 40.4 Å². The molecule has 2 N–H and O–H groups in total. The van der Waals surface area contributed by atoms with Gasteiger partial charge in [-0.3, -0.25) is 0 Å². The predicted octanol–water partition coefficient (Wildman–Crippen LogP) is 2.68. The second-order valence-corrected chi connectivity index (χ2v) is 4.22. The molecule has 100 valence electrons. The molecule has 2 rings (SSSR count). The maximum atomic E-state index is 11.4. The fraction of sp³-hybridized carbons (Fsp3) is 0.267. The summed E-state index contributed by atoms with van der Waals surface area (Å²) in [7, 11) is 1.32. The highest BCUT2D eigenvalue weighted by atomic mass is 16.5. The molecule has 4 heteroatoms. The molecule has 0 fully saturated rings. The van der Waals surface area contributed by atoms with E-state index in [-0.39, 0.29) is 11.8 Å². The summed E-state index contributed by atoms with van der Waals surface area (Å²) in [6.07, 6.45) is 0.897. The van der Waals surface area contributed by atoms with Crippen molar-refractivity contribution in [2.45, 2.75) is 19.4 Å². The number of hydrogen-bond acceptors (Lipinski definition) is 4. The molecule has 0 amide bonds. The monoisotopic (exact) mass is 259 g/mol. The van der Waals surface area contributed by atoms with E-state index in [2.05, 4.69) is 11.7 Å². The fourth-order valence-corrected chi connectivity index (χ4v) is 2.04. The molecular weight excluding hydrogens is 242 g/mol. The first-order valence-electron chi connectivity index (χ1n) is 6.18. The molecule has 0 aliphatic carbocycles. The molecule has 1 atom stereocenters. The van der Waals surface area contributed by atoms with E-state index in [1.807, 2.05) is 24.3 Å². The zero-order valence-corrected chi connectivity index (χ0v) is 11.1. The van der Waals surface area contributed by atoms with Crippen LogP contribution in [0.4, 0.5) is 0 Å². The Bertz CT molecular complexity index is 574. The molecule has 0 saturated heterocycles. The molecular formula is C15H17NO3. The summed E-state index contributed by atoms with van der Waals surface area (Å²) in [5.74, 6) is 0.227. The van der Waals surface area contributed by atoms with Crippen molar-refractivity contribution >= 4 is 5.97 Å². The van der Waals surface area contributed by atoms with E-state index in [1.54, 1.807) is 12.1 Å². The van der Waals surface area contributed by atoms with Gasteiger partial charge in [0.1, 0.15) is 5.76 Å². The molecule has 4 nitrogen and oxygen atoms in total. The van der Waals surface area contributed by atoms with Crippen molar-refractivity contribution in [3.05, 3.63) is 59.0 Å². The van der Waals surface area contributed by atoms with Gasteiger partial charge in [0, 0.05) is 0 Å². The summed E-state index contributed by atoms with van der Waals surface area (Å²) < 4.78 is 10.1. The van der Waals surface area contributed by atoms with Crippen molar-refractivity contribution in [1.82, 2.24) is 0 Å². The normalized spacial score (nSPS) is 12.2. The largest absolute Gasteiger partial charge is 0.463 e. The van der Waals surface area contributed by atoms with Crippen LogP contribution >= 0.6 is 0 Å². The van der Waals surface area contributed by atoms with Crippen LogP contribution < -0.4 is 5.73 Å². The average Bonchev–Trinajstić information content (AvgIpc) is 2.95. The van der Waals surface area contributed by atoms with Crippen LogP contribution in [0, 0.1) is 0 Å². The Morgan fingerprint density at radius 1 is 1.32 bits per heavy atom. The maximum Gasteiger partial charge on any atom is 0.373 e. The Hall–Kier alpha value is -2.07. The first-order valence-corrected chi connectivity index (χ1v) is 6.18. The van der Waals surface area contributed by atoms with Gasteiger partial charge in [0.25, 0.3) is 0 Å². The fourth-order valence-electron chi connectivity index (χ4n) is 2.04. The average molecular weight is 259 g/mol. The van der Waals surface area contributed by atoms with Crippen molar-refractivity contribution in [2.75, 3.05) is 7.11 Å². The molecule has 1 aromatic carbocycles. The zero-order valence-electron chi connectivity index (χ0n) is 11.1. The number of carbonyl (C=O) groups excluding carboxylic acids is 1. The lowest BCUT2D eigenvalue weighted by Crippen LogP contribution is -2.13. The quantitative estimate of drug-likeness (QED) is 0.857. The number of furan rings is 1. The van der Waals surface area contributed by atoms with E-state index in [4.69, 9.17) is 10.2 Å². The van der Waals surface area contributed by atoms with Crippen molar-refractivity contribution in [2.24, 2.45) is 5.73 Å². The third-order valence-electron chi connectivity index (χ3n) is 3.09. The van der Waals surface area contributed by atoms with Crippen molar-refractivity contribution < 1.29 is 13.9 Å². The van der Waals surface area contributed by atoms with Crippen LogP contribution in [-0.2, 0) is 11.2 Å². The standard InChI is InChI=1S/C15H17NO3/c1-3-10-6-4-5-7-11(10)14(16)12-8-9-13(19-12)15(17)18-2/h4-9,14H,3,16H2,1-2H3. The second-order valence-electron chi connectivity index (χ2n) is 4.22. The van der Waals surface area contributed by atoms with Gasteiger partial charge in [0.2, 0.25) is 5.76 Å². The number of aryl methyl sites for hydroxylation is 1. The van der Waals surface area contributed by atoms with Gasteiger partial charge in [-0.15, -0.1) is 0 Å². The molecule has 2 aromatic rings.